The molecule has 0 spiro atoms. The van der Waals surface area contributed by atoms with E-state index >= 15 is 0 Å². The van der Waals surface area contributed by atoms with Crippen LogP contribution in [0.1, 0.15) is 16.6 Å². The minimum Gasteiger partial charge on any atom is -0.497 e. The van der Waals surface area contributed by atoms with E-state index in [2.05, 4.69) is 10.2 Å². The summed E-state index contributed by atoms with van der Waals surface area (Å²) < 4.78 is 17.8. The summed E-state index contributed by atoms with van der Waals surface area (Å²) in [6.45, 7) is 1.51. The van der Waals surface area contributed by atoms with Crippen molar-refractivity contribution in [2.24, 2.45) is 0 Å². The van der Waals surface area contributed by atoms with Crippen LogP contribution in [0, 0.1) is 17.0 Å². The number of methoxy groups -OCH3 is 3. The second-order valence-corrected chi connectivity index (χ2v) is 7.46. The van der Waals surface area contributed by atoms with Crippen LogP contribution in [0.2, 0.25) is 0 Å². The highest BCUT2D eigenvalue weighted by Gasteiger charge is 2.27. The Morgan fingerprint density at radius 2 is 1.70 bits per heavy atom. The van der Waals surface area contributed by atoms with Gasteiger partial charge in [0.05, 0.1) is 21.3 Å². The van der Waals surface area contributed by atoms with Gasteiger partial charge in [-0.05, 0) is 49.4 Å². The van der Waals surface area contributed by atoms with Gasteiger partial charge in [0.15, 0.2) is 5.16 Å². The SMILES string of the molecule is COc1ccc(-n2c(C)nnc2S[C@H](C[N+](=O)[O-])c2cc(OC)ccc2OC)cc1. The maximum Gasteiger partial charge on any atom is 0.220 e. The number of thioether (sulfide) groups is 1. The van der Waals surface area contributed by atoms with Gasteiger partial charge < -0.3 is 14.2 Å². The van der Waals surface area contributed by atoms with E-state index in [0.29, 0.717) is 28.0 Å². The van der Waals surface area contributed by atoms with Crippen molar-refractivity contribution >= 4 is 11.8 Å². The van der Waals surface area contributed by atoms with Crippen molar-refractivity contribution in [2.75, 3.05) is 27.9 Å². The molecule has 0 saturated carbocycles. The van der Waals surface area contributed by atoms with Crippen LogP contribution in [0.5, 0.6) is 17.2 Å². The van der Waals surface area contributed by atoms with Gasteiger partial charge >= 0.3 is 0 Å². The first-order valence-corrected chi connectivity index (χ1v) is 9.91. The quantitative estimate of drug-likeness (QED) is 0.288. The number of rotatable bonds is 9. The number of ether oxygens (including phenoxy) is 3. The number of nitrogens with zero attached hydrogens (tertiary/aromatic N) is 4. The minimum atomic E-state index is -0.564. The predicted molar refractivity (Wildman–Crippen MR) is 113 cm³/mol. The molecule has 2 aromatic carbocycles. The van der Waals surface area contributed by atoms with E-state index in [-0.39, 0.29) is 11.5 Å². The maximum atomic E-state index is 11.4. The molecule has 158 valence electrons. The molecule has 3 aromatic rings. The zero-order chi connectivity index (χ0) is 21.7. The zero-order valence-corrected chi connectivity index (χ0v) is 17.9. The molecule has 0 fully saturated rings. The van der Waals surface area contributed by atoms with Gasteiger partial charge in [-0.1, -0.05) is 11.8 Å². The van der Waals surface area contributed by atoms with Crippen LogP contribution in [0.25, 0.3) is 5.69 Å². The molecule has 0 bridgehead atoms. The first-order valence-electron chi connectivity index (χ1n) is 9.03. The molecular weight excluding hydrogens is 408 g/mol. The third kappa shape index (κ3) is 4.65. The fourth-order valence-corrected chi connectivity index (χ4v) is 4.19. The largest absolute Gasteiger partial charge is 0.497 e. The summed E-state index contributed by atoms with van der Waals surface area (Å²) in [6.07, 6.45) is 0. The normalized spacial score (nSPS) is 11.7. The molecule has 1 heterocycles. The van der Waals surface area contributed by atoms with Crippen molar-refractivity contribution in [1.82, 2.24) is 14.8 Å². The smallest absolute Gasteiger partial charge is 0.220 e. The van der Waals surface area contributed by atoms with Gasteiger partial charge in [-0.15, -0.1) is 10.2 Å². The second kappa shape index (κ2) is 9.49. The first-order chi connectivity index (χ1) is 14.5. The summed E-state index contributed by atoms with van der Waals surface area (Å²) in [7, 11) is 4.68. The molecule has 0 unspecified atom stereocenters. The molecule has 1 aromatic heterocycles. The monoisotopic (exact) mass is 430 g/mol. The van der Waals surface area contributed by atoms with Gasteiger partial charge in [-0.3, -0.25) is 14.7 Å². The molecule has 1 atom stereocenters. The van der Waals surface area contributed by atoms with Crippen LogP contribution >= 0.6 is 11.8 Å². The summed E-state index contributed by atoms with van der Waals surface area (Å²) in [5.74, 6) is 2.53. The Hall–Kier alpha value is -3.27. The lowest BCUT2D eigenvalue weighted by molar-refractivity contribution is -0.479. The Labute approximate surface area is 178 Å². The Kier molecular flexibility index (Phi) is 6.78. The average molecular weight is 430 g/mol. The van der Waals surface area contributed by atoms with Crippen LogP contribution in [0.15, 0.2) is 47.6 Å². The van der Waals surface area contributed by atoms with Crippen molar-refractivity contribution in [3.63, 3.8) is 0 Å². The van der Waals surface area contributed by atoms with E-state index in [1.54, 1.807) is 32.4 Å². The van der Waals surface area contributed by atoms with E-state index in [9.17, 15) is 10.1 Å². The minimum absolute atomic E-state index is 0.317. The van der Waals surface area contributed by atoms with Crippen molar-refractivity contribution in [3.8, 4) is 22.9 Å². The highest BCUT2D eigenvalue weighted by atomic mass is 32.2. The Balaban J connectivity index is 2.02. The molecule has 9 nitrogen and oxygen atoms in total. The van der Waals surface area contributed by atoms with Crippen molar-refractivity contribution in [3.05, 3.63) is 64.0 Å². The molecule has 0 aliphatic heterocycles. The van der Waals surface area contributed by atoms with Crippen LogP contribution in [-0.2, 0) is 0 Å². The van der Waals surface area contributed by atoms with E-state index in [0.717, 1.165) is 11.4 Å². The lowest BCUT2D eigenvalue weighted by Gasteiger charge is -2.17. The number of benzene rings is 2. The molecule has 0 aliphatic rings. The van der Waals surface area contributed by atoms with Gasteiger partial charge in [0.2, 0.25) is 6.54 Å². The Morgan fingerprint density at radius 1 is 1.03 bits per heavy atom. The number of aryl methyl sites for hydroxylation is 1. The third-order valence-electron chi connectivity index (χ3n) is 4.47. The molecular formula is C20H22N4O5S. The van der Waals surface area contributed by atoms with Crippen LogP contribution in [0.4, 0.5) is 0 Å². The topological polar surface area (TPSA) is 102 Å². The highest BCUT2D eigenvalue weighted by molar-refractivity contribution is 7.99. The highest BCUT2D eigenvalue weighted by Crippen LogP contribution is 2.41. The maximum absolute atomic E-state index is 11.4. The summed E-state index contributed by atoms with van der Waals surface area (Å²) in [5, 5.41) is 19.8. The average Bonchev–Trinajstić information content (AvgIpc) is 3.12. The van der Waals surface area contributed by atoms with Crippen molar-refractivity contribution < 1.29 is 19.1 Å². The molecule has 0 saturated heterocycles. The van der Waals surface area contributed by atoms with E-state index in [4.69, 9.17) is 14.2 Å². The van der Waals surface area contributed by atoms with Gasteiger partial charge in [0, 0.05) is 16.2 Å². The lowest BCUT2D eigenvalue weighted by Crippen LogP contribution is -2.12. The summed E-state index contributed by atoms with van der Waals surface area (Å²) in [5.41, 5.74) is 1.48. The second-order valence-electron chi connectivity index (χ2n) is 6.29. The standard InChI is InChI=1S/C20H22N4O5S/c1-13-21-22-20(24(13)14-5-7-15(27-2)8-6-14)30-19(12-23(25)26)17-11-16(28-3)9-10-18(17)29-4/h5-11,19H,12H2,1-4H3/t19-/m1/s1. The molecule has 0 aliphatic carbocycles. The van der Waals surface area contributed by atoms with Crippen LogP contribution in [0.3, 0.4) is 0 Å². The number of hydrogen-bond donors (Lipinski definition) is 0. The van der Waals surface area contributed by atoms with Crippen LogP contribution < -0.4 is 14.2 Å². The lowest BCUT2D eigenvalue weighted by atomic mass is 10.1. The fraction of sp³-hybridized carbons (Fsp3) is 0.300. The van der Waals surface area contributed by atoms with Crippen molar-refractivity contribution in [2.45, 2.75) is 17.3 Å². The molecule has 3 rings (SSSR count). The van der Waals surface area contributed by atoms with Gasteiger partial charge in [-0.25, -0.2) is 0 Å². The Bertz CT molecular complexity index is 1020. The third-order valence-corrected chi connectivity index (χ3v) is 5.63. The number of aromatic nitrogens is 3. The van der Waals surface area contributed by atoms with Gasteiger partial charge in [0.25, 0.3) is 0 Å². The molecule has 30 heavy (non-hydrogen) atoms. The molecule has 0 N–H and O–H groups in total. The van der Waals surface area contributed by atoms with Crippen LogP contribution in [-0.4, -0.2) is 47.6 Å². The summed E-state index contributed by atoms with van der Waals surface area (Å²) in [4.78, 5) is 11.1. The number of hydrogen-bond acceptors (Lipinski definition) is 8. The molecule has 0 amide bonds. The van der Waals surface area contributed by atoms with Gasteiger partial charge in [0.1, 0.15) is 28.3 Å². The Morgan fingerprint density at radius 3 is 2.30 bits per heavy atom. The summed E-state index contributed by atoms with van der Waals surface area (Å²) in [6, 6.07) is 12.7. The van der Waals surface area contributed by atoms with E-state index in [1.807, 2.05) is 35.8 Å². The van der Waals surface area contributed by atoms with E-state index < -0.39 is 5.25 Å². The van der Waals surface area contributed by atoms with E-state index in [1.165, 1.54) is 18.9 Å². The zero-order valence-electron chi connectivity index (χ0n) is 17.1. The summed E-state index contributed by atoms with van der Waals surface area (Å²) >= 11 is 1.25. The first kappa shape index (κ1) is 21.4. The predicted octanol–water partition coefficient (Wildman–Crippen LogP) is 3.71. The molecule has 10 heteroatoms. The van der Waals surface area contributed by atoms with Crippen molar-refractivity contribution in [1.29, 1.82) is 0 Å². The fourth-order valence-electron chi connectivity index (χ4n) is 3.00. The molecule has 0 radical (unpaired) electrons. The van der Waals surface area contributed by atoms with Gasteiger partial charge in [-0.2, -0.15) is 0 Å². The number of nitro groups is 1.